The zero-order chi connectivity index (χ0) is 12.1. The summed E-state index contributed by atoms with van der Waals surface area (Å²) >= 11 is 0. The van der Waals surface area contributed by atoms with Gasteiger partial charge in [-0.15, -0.1) is 0 Å². The summed E-state index contributed by atoms with van der Waals surface area (Å²) in [5.41, 5.74) is 1.19. The summed E-state index contributed by atoms with van der Waals surface area (Å²) in [6, 6.07) is 12.9. The van der Waals surface area contributed by atoms with Gasteiger partial charge in [-0.25, -0.2) is 0 Å². The van der Waals surface area contributed by atoms with E-state index in [4.69, 9.17) is 9.94 Å². The molecule has 2 rings (SSSR count). The standard InChI is InChI=1S/C13H13NO3/c15-9-10-17-14-8-4-7-12(13(14)16)11-5-2-1-3-6-11/h1-8,15H,9-10H2. The van der Waals surface area contributed by atoms with Crippen molar-refractivity contribution in [2.24, 2.45) is 0 Å². The van der Waals surface area contributed by atoms with Gasteiger partial charge < -0.3 is 9.94 Å². The maximum absolute atomic E-state index is 12.0. The molecule has 0 unspecified atom stereocenters. The molecular weight excluding hydrogens is 218 g/mol. The van der Waals surface area contributed by atoms with Gasteiger partial charge in [0.05, 0.1) is 12.2 Å². The summed E-state index contributed by atoms with van der Waals surface area (Å²) in [5.74, 6) is 0. The lowest BCUT2D eigenvalue weighted by molar-refractivity contribution is 0.0695. The number of aliphatic hydroxyl groups excluding tert-OH is 1. The second kappa shape index (κ2) is 5.32. The molecule has 0 bridgehead atoms. The van der Waals surface area contributed by atoms with E-state index in [0.29, 0.717) is 5.56 Å². The molecule has 1 aromatic carbocycles. The highest BCUT2D eigenvalue weighted by Crippen LogP contribution is 2.13. The van der Waals surface area contributed by atoms with E-state index in [9.17, 15) is 4.79 Å². The Balaban J connectivity index is 2.40. The lowest BCUT2D eigenvalue weighted by Gasteiger charge is -2.08. The Morgan fingerprint density at radius 1 is 1.12 bits per heavy atom. The third kappa shape index (κ3) is 2.54. The van der Waals surface area contributed by atoms with Gasteiger partial charge in [-0.1, -0.05) is 30.3 Å². The zero-order valence-electron chi connectivity index (χ0n) is 9.24. The van der Waals surface area contributed by atoms with E-state index in [2.05, 4.69) is 0 Å². The second-order valence-corrected chi connectivity index (χ2v) is 3.48. The summed E-state index contributed by atoms with van der Waals surface area (Å²) in [6.07, 6.45) is 1.53. The van der Waals surface area contributed by atoms with E-state index in [1.807, 2.05) is 30.3 Å². The van der Waals surface area contributed by atoms with Gasteiger partial charge in [-0.05, 0) is 17.7 Å². The van der Waals surface area contributed by atoms with Crippen LogP contribution in [0.15, 0.2) is 53.5 Å². The van der Waals surface area contributed by atoms with Crippen LogP contribution in [0.25, 0.3) is 11.1 Å². The predicted molar refractivity (Wildman–Crippen MR) is 64.7 cm³/mol. The Morgan fingerprint density at radius 2 is 1.88 bits per heavy atom. The second-order valence-electron chi connectivity index (χ2n) is 3.48. The van der Waals surface area contributed by atoms with E-state index in [0.717, 1.165) is 10.3 Å². The fourth-order valence-electron chi connectivity index (χ4n) is 1.55. The number of hydrogen-bond acceptors (Lipinski definition) is 3. The molecule has 0 fully saturated rings. The minimum atomic E-state index is -0.229. The summed E-state index contributed by atoms with van der Waals surface area (Å²) in [6.45, 7) is -0.0276. The zero-order valence-corrected chi connectivity index (χ0v) is 9.24. The number of pyridine rings is 1. The molecule has 1 aromatic heterocycles. The van der Waals surface area contributed by atoms with Crippen molar-refractivity contribution in [2.75, 3.05) is 13.2 Å². The van der Waals surface area contributed by atoms with Crippen LogP contribution in [-0.2, 0) is 0 Å². The molecular formula is C13H13NO3. The van der Waals surface area contributed by atoms with Crippen molar-refractivity contribution in [3.63, 3.8) is 0 Å². The van der Waals surface area contributed by atoms with Crippen LogP contribution >= 0.6 is 0 Å². The van der Waals surface area contributed by atoms with E-state index in [1.54, 1.807) is 12.1 Å². The van der Waals surface area contributed by atoms with E-state index >= 15 is 0 Å². The number of nitrogens with zero attached hydrogens (tertiary/aromatic N) is 1. The molecule has 1 heterocycles. The molecule has 4 heteroatoms. The molecule has 88 valence electrons. The van der Waals surface area contributed by atoms with Crippen LogP contribution in [0.5, 0.6) is 0 Å². The van der Waals surface area contributed by atoms with Gasteiger partial charge in [0.2, 0.25) is 0 Å². The first-order chi connectivity index (χ1) is 8.33. The molecule has 1 N–H and O–H groups in total. The molecule has 0 aliphatic heterocycles. The van der Waals surface area contributed by atoms with Crippen LogP contribution in [0.4, 0.5) is 0 Å². The minimum Gasteiger partial charge on any atom is -0.408 e. The third-order valence-electron chi connectivity index (χ3n) is 2.32. The Hall–Kier alpha value is -2.07. The summed E-state index contributed by atoms with van der Waals surface area (Å²) in [7, 11) is 0. The van der Waals surface area contributed by atoms with E-state index in [-0.39, 0.29) is 18.8 Å². The maximum Gasteiger partial charge on any atom is 0.290 e. The Bertz CT molecular complexity index is 534. The van der Waals surface area contributed by atoms with Crippen molar-refractivity contribution in [2.45, 2.75) is 0 Å². The Labute approximate surface area is 98.7 Å². The smallest absolute Gasteiger partial charge is 0.290 e. The summed E-state index contributed by atoms with van der Waals surface area (Å²) < 4.78 is 1.14. The summed E-state index contributed by atoms with van der Waals surface area (Å²) in [5, 5.41) is 8.66. The van der Waals surface area contributed by atoms with Gasteiger partial charge in [0, 0.05) is 6.20 Å². The fourth-order valence-corrected chi connectivity index (χ4v) is 1.55. The highest BCUT2D eigenvalue weighted by atomic mass is 16.7. The topological polar surface area (TPSA) is 51.5 Å². The van der Waals surface area contributed by atoms with Crippen molar-refractivity contribution >= 4 is 0 Å². The molecule has 0 spiro atoms. The normalized spacial score (nSPS) is 10.2. The van der Waals surface area contributed by atoms with E-state index in [1.165, 1.54) is 6.20 Å². The average Bonchev–Trinajstić information content (AvgIpc) is 2.39. The molecule has 0 radical (unpaired) electrons. The quantitative estimate of drug-likeness (QED) is 0.851. The van der Waals surface area contributed by atoms with Crippen molar-refractivity contribution in [3.8, 4) is 11.1 Å². The van der Waals surface area contributed by atoms with Crippen LogP contribution in [0.3, 0.4) is 0 Å². The van der Waals surface area contributed by atoms with Gasteiger partial charge in [-0.3, -0.25) is 4.79 Å². The molecule has 0 amide bonds. The molecule has 0 aliphatic carbocycles. The molecule has 0 atom stereocenters. The molecule has 17 heavy (non-hydrogen) atoms. The van der Waals surface area contributed by atoms with Gasteiger partial charge in [0.15, 0.2) is 0 Å². The lowest BCUT2D eigenvalue weighted by Crippen LogP contribution is -2.28. The monoisotopic (exact) mass is 231 g/mol. The predicted octanol–water partition coefficient (Wildman–Crippen LogP) is 0.936. The molecule has 0 saturated carbocycles. The first-order valence-corrected chi connectivity index (χ1v) is 5.34. The van der Waals surface area contributed by atoms with Gasteiger partial charge in [0.25, 0.3) is 5.56 Å². The highest BCUT2D eigenvalue weighted by Gasteiger charge is 2.05. The molecule has 2 aromatic rings. The maximum atomic E-state index is 12.0. The van der Waals surface area contributed by atoms with Gasteiger partial charge in [-0.2, -0.15) is 4.73 Å². The molecule has 4 nitrogen and oxygen atoms in total. The van der Waals surface area contributed by atoms with Crippen LogP contribution in [0.1, 0.15) is 0 Å². The van der Waals surface area contributed by atoms with Gasteiger partial charge >= 0.3 is 0 Å². The molecule has 0 aliphatic rings. The SMILES string of the molecule is O=c1c(-c2ccccc2)cccn1OCCO. The summed E-state index contributed by atoms with van der Waals surface area (Å²) in [4.78, 5) is 17.1. The average molecular weight is 231 g/mol. The van der Waals surface area contributed by atoms with Crippen molar-refractivity contribution in [1.29, 1.82) is 0 Å². The van der Waals surface area contributed by atoms with Crippen LogP contribution in [0.2, 0.25) is 0 Å². The van der Waals surface area contributed by atoms with E-state index < -0.39 is 0 Å². The first kappa shape index (κ1) is 11.4. The van der Waals surface area contributed by atoms with Crippen molar-refractivity contribution in [3.05, 3.63) is 59.0 Å². The van der Waals surface area contributed by atoms with Crippen molar-refractivity contribution in [1.82, 2.24) is 4.73 Å². The van der Waals surface area contributed by atoms with Crippen LogP contribution in [-0.4, -0.2) is 23.1 Å². The number of rotatable bonds is 4. The fraction of sp³-hybridized carbons (Fsp3) is 0.154. The van der Waals surface area contributed by atoms with Crippen molar-refractivity contribution < 1.29 is 9.94 Å². The minimum absolute atomic E-state index is 0.0954. The Kier molecular flexibility index (Phi) is 3.57. The number of aliphatic hydroxyl groups is 1. The van der Waals surface area contributed by atoms with Crippen LogP contribution < -0.4 is 10.4 Å². The number of benzene rings is 1. The Morgan fingerprint density at radius 3 is 2.59 bits per heavy atom. The largest absolute Gasteiger partial charge is 0.408 e. The first-order valence-electron chi connectivity index (χ1n) is 5.34. The number of aromatic nitrogens is 1. The lowest BCUT2D eigenvalue weighted by atomic mass is 10.1. The van der Waals surface area contributed by atoms with Gasteiger partial charge in [0.1, 0.15) is 6.61 Å². The van der Waals surface area contributed by atoms with Crippen LogP contribution in [0, 0.1) is 0 Å². The molecule has 0 saturated heterocycles. The third-order valence-corrected chi connectivity index (χ3v) is 2.32. The number of hydrogen-bond donors (Lipinski definition) is 1. The highest BCUT2D eigenvalue weighted by molar-refractivity contribution is 5.61.